The number of aryl methyl sites for hydroxylation is 1. The number of carbonyl (C=O) groups excluding carboxylic acids is 5. The monoisotopic (exact) mass is 646 g/mol. The fourth-order valence-electron chi connectivity index (χ4n) is 5.90. The van der Waals surface area contributed by atoms with Gasteiger partial charge < -0.3 is 36.7 Å². The lowest BCUT2D eigenvalue weighted by Gasteiger charge is -2.39. The molecule has 1 heterocycles. The van der Waals surface area contributed by atoms with Gasteiger partial charge >= 0.3 is 6.09 Å². The van der Waals surface area contributed by atoms with Crippen LogP contribution in [0.15, 0.2) is 54.6 Å². The van der Waals surface area contributed by atoms with Gasteiger partial charge in [0.25, 0.3) is 5.91 Å². The predicted octanol–water partition coefficient (Wildman–Crippen LogP) is 2.99. The molecule has 12 heteroatoms. The second kappa shape index (κ2) is 15.6. The van der Waals surface area contributed by atoms with Crippen molar-refractivity contribution in [3.8, 4) is 0 Å². The first-order valence-corrected chi connectivity index (χ1v) is 16.2. The van der Waals surface area contributed by atoms with Gasteiger partial charge in [0.1, 0.15) is 11.6 Å². The van der Waals surface area contributed by atoms with E-state index in [1.165, 1.54) is 0 Å². The number of alkyl carbamates (subject to hydrolysis) is 1. The Morgan fingerprint density at radius 1 is 0.915 bits per heavy atom. The van der Waals surface area contributed by atoms with E-state index in [-0.39, 0.29) is 37.8 Å². The average Bonchev–Trinajstić information content (AvgIpc) is 3.44. The number of rotatable bonds is 14. The van der Waals surface area contributed by atoms with Crippen LogP contribution in [-0.4, -0.2) is 58.9 Å². The highest BCUT2D eigenvalue weighted by molar-refractivity contribution is 5.98. The topological polar surface area (TPSA) is 185 Å². The lowest BCUT2D eigenvalue weighted by atomic mass is 9.78. The molecule has 0 saturated heterocycles. The molecule has 47 heavy (non-hydrogen) atoms. The molecule has 0 fully saturated rings. The van der Waals surface area contributed by atoms with Gasteiger partial charge in [-0.2, -0.15) is 0 Å². The summed E-state index contributed by atoms with van der Waals surface area (Å²) in [6.07, 6.45) is -0.0187. The standard InChI is InChI=1S/C35H46N6O6/c1-5-21(3)29(31(43)37-20-28(36)42)40-33(45)35(17-16-27-25(18-35)24-14-10-11-15-26(24)39-27)41-32(44)30(22(4)6-2)47-34(46)38-19-23-12-8-7-9-13-23/h7-15,21-22,29-30,39H,5-6,16-20H2,1-4H3,(H2,36,42)(H,37,43)(H,38,46)(H,40,45)(H,41,44)/t21-,22-,29-,30-,35+/m0/s1. The van der Waals surface area contributed by atoms with E-state index in [2.05, 4.69) is 26.3 Å². The first-order chi connectivity index (χ1) is 22.5. The Morgan fingerprint density at radius 2 is 1.60 bits per heavy atom. The summed E-state index contributed by atoms with van der Waals surface area (Å²) in [6.45, 7) is 7.25. The molecule has 7 N–H and O–H groups in total. The van der Waals surface area contributed by atoms with Gasteiger partial charge in [-0.3, -0.25) is 19.2 Å². The quantitative estimate of drug-likeness (QED) is 0.156. The zero-order chi connectivity index (χ0) is 34.1. The van der Waals surface area contributed by atoms with Gasteiger partial charge in [-0.15, -0.1) is 0 Å². The minimum atomic E-state index is -1.47. The van der Waals surface area contributed by atoms with E-state index in [0.717, 1.165) is 27.7 Å². The maximum absolute atomic E-state index is 14.4. The molecule has 5 atom stereocenters. The average molecular weight is 647 g/mol. The highest BCUT2D eigenvalue weighted by Gasteiger charge is 2.47. The van der Waals surface area contributed by atoms with E-state index >= 15 is 0 Å². The molecule has 0 radical (unpaired) electrons. The van der Waals surface area contributed by atoms with Crippen LogP contribution >= 0.6 is 0 Å². The van der Waals surface area contributed by atoms with Gasteiger partial charge in [0.05, 0.1) is 6.54 Å². The second-order valence-corrected chi connectivity index (χ2v) is 12.4. The lowest BCUT2D eigenvalue weighted by Crippen LogP contribution is -2.66. The minimum Gasteiger partial charge on any atom is -0.436 e. The van der Waals surface area contributed by atoms with Crippen molar-refractivity contribution in [2.45, 2.75) is 84.0 Å². The molecule has 0 bridgehead atoms. The Bertz CT molecular complexity index is 1590. The number of para-hydroxylation sites is 1. The zero-order valence-electron chi connectivity index (χ0n) is 27.5. The van der Waals surface area contributed by atoms with E-state index in [0.29, 0.717) is 19.3 Å². The number of H-pyrrole nitrogens is 1. The van der Waals surface area contributed by atoms with Gasteiger partial charge in [0, 0.05) is 35.5 Å². The molecular weight excluding hydrogens is 600 g/mol. The fraction of sp³-hybridized carbons (Fsp3) is 0.457. The number of carbonyl (C=O) groups is 5. The number of aromatic nitrogens is 1. The number of fused-ring (bicyclic) bond motifs is 3. The Labute approximate surface area is 274 Å². The van der Waals surface area contributed by atoms with Crippen LogP contribution in [0.2, 0.25) is 0 Å². The highest BCUT2D eigenvalue weighted by Crippen LogP contribution is 2.35. The van der Waals surface area contributed by atoms with Crippen molar-refractivity contribution in [2.75, 3.05) is 6.54 Å². The summed E-state index contributed by atoms with van der Waals surface area (Å²) in [4.78, 5) is 69.4. The lowest BCUT2D eigenvalue weighted by molar-refractivity contribution is -0.141. The molecule has 0 spiro atoms. The molecule has 0 saturated carbocycles. The van der Waals surface area contributed by atoms with Crippen molar-refractivity contribution >= 4 is 40.6 Å². The molecule has 0 unspecified atom stereocenters. The van der Waals surface area contributed by atoms with Gasteiger partial charge in [-0.1, -0.05) is 82.6 Å². The van der Waals surface area contributed by atoms with Crippen molar-refractivity contribution in [3.05, 3.63) is 71.4 Å². The van der Waals surface area contributed by atoms with Crippen molar-refractivity contribution in [2.24, 2.45) is 17.6 Å². The Morgan fingerprint density at radius 3 is 2.28 bits per heavy atom. The summed E-state index contributed by atoms with van der Waals surface area (Å²) in [5.41, 5.74) is 7.42. The van der Waals surface area contributed by atoms with Crippen LogP contribution in [0.25, 0.3) is 10.9 Å². The van der Waals surface area contributed by atoms with E-state index in [9.17, 15) is 24.0 Å². The van der Waals surface area contributed by atoms with Crippen LogP contribution in [0.3, 0.4) is 0 Å². The smallest absolute Gasteiger partial charge is 0.408 e. The molecule has 1 aromatic heterocycles. The number of primary amides is 1. The Balaban J connectivity index is 1.63. The molecule has 1 aliphatic carbocycles. The largest absolute Gasteiger partial charge is 0.436 e. The van der Waals surface area contributed by atoms with Crippen molar-refractivity contribution < 1.29 is 28.7 Å². The molecule has 4 rings (SSSR count). The van der Waals surface area contributed by atoms with Crippen LogP contribution in [0.5, 0.6) is 0 Å². The maximum Gasteiger partial charge on any atom is 0.408 e. The van der Waals surface area contributed by atoms with Crippen LogP contribution in [-0.2, 0) is 43.3 Å². The number of hydrogen-bond donors (Lipinski definition) is 6. The number of benzene rings is 2. The number of nitrogens with two attached hydrogens (primary N) is 1. The molecule has 1 aliphatic rings. The first kappa shape index (κ1) is 35.0. The van der Waals surface area contributed by atoms with E-state index < -0.39 is 47.4 Å². The van der Waals surface area contributed by atoms with E-state index in [1.54, 1.807) is 0 Å². The Kier molecular flexibility index (Phi) is 11.6. The number of nitrogens with one attached hydrogen (secondary N) is 5. The highest BCUT2D eigenvalue weighted by atomic mass is 16.6. The molecule has 0 aliphatic heterocycles. The van der Waals surface area contributed by atoms with Crippen LogP contribution in [0.1, 0.15) is 63.8 Å². The summed E-state index contributed by atoms with van der Waals surface area (Å²) in [5, 5.41) is 12.0. The molecule has 3 aromatic rings. The summed E-state index contributed by atoms with van der Waals surface area (Å²) in [5.74, 6) is -3.07. The fourth-order valence-corrected chi connectivity index (χ4v) is 5.90. The summed E-state index contributed by atoms with van der Waals surface area (Å²) < 4.78 is 5.70. The minimum absolute atomic E-state index is 0.146. The SMILES string of the molecule is CC[C@H](C)[C@H](NC(=O)[C@@]1(NC(=O)[C@@H](OC(=O)NCc2ccccc2)[C@@H](C)CC)CCc2[nH]c3ccccc3c2C1)C(=O)NCC(N)=O. The van der Waals surface area contributed by atoms with Gasteiger partial charge in [0.15, 0.2) is 6.10 Å². The molecule has 2 aromatic carbocycles. The molecule has 5 amide bonds. The van der Waals surface area contributed by atoms with Crippen LogP contribution < -0.4 is 27.0 Å². The van der Waals surface area contributed by atoms with E-state index in [4.69, 9.17) is 10.5 Å². The van der Waals surface area contributed by atoms with Crippen LogP contribution in [0, 0.1) is 11.8 Å². The zero-order valence-corrected chi connectivity index (χ0v) is 27.5. The first-order valence-electron chi connectivity index (χ1n) is 16.2. The predicted molar refractivity (Wildman–Crippen MR) is 178 cm³/mol. The van der Waals surface area contributed by atoms with Gasteiger partial charge in [-0.05, 0) is 42.4 Å². The Hall–Kier alpha value is -4.87. The molecular formula is C35H46N6O6. The molecule has 252 valence electrons. The maximum atomic E-state index is 14.4. The third-order valence-corrected chi connectivity index (χ3v) is 9.13. The molecule has 12 nitrogen and oxygen atoms in total. The van der Waals surface area contributed by atoms with Crippen molar-refractivity contribution in [1.29, 1.82) is 0 Å². The summed E-state index contributed by atoms with van der Waals surface area (Å²) in [6, 6.07) is 16.1. The number of amides is 5. The van der Waals surface area contributed by atoms with Crippen molar-refractivity contribution in [3.63, 3.8) is 0 Å². The number of aromatic amines is 1. The third-order valence-electron chi connectivity index (χ3n) is 9.13. The van der Waals surface area contributed by atoms with Crippen molar-refractivity contribution in [1.82, 2.24) is 26.3 Å². The summed E-state index contributed by atoms with van der Waals surface area (Å²) in [7, 11) is 0. The number of hydrogen-bond acceptors (Lipinski definition) is 6. The normalized spacial score (nSPS) is 18.1. The van der Waals surface area contributed by atoms with Gasteiger partial charge in [0.2, 0.25) is 17.7 Å². The van der Waals surface area contributed by atoms with E-state index in [1.807, 2.05) is 82.3 Å². The van der Waals surface area contributed by atoms with Gasteiger partial charge in [-0.25, -0.2) is 4.79 Å². The number of ether oxygens (including phenoxy) is 1. The van der Waals surface area contributed by atoms with Crippen LogP contribution in [0.4, 0.5) is 4.79 Å². The summed E-state index contributed by atoms with van der Waals surface area (Å²) >= 11 is 0. The third kappa shape index (κ3) is 8.49. The second-order valence-electron chi connectivity index (χ2n) is 12.4.